The number of aryl methyl sites for hydroxylation is 2. The number of aromatic nitrogens is 4. The minimum absolute atomic E-state index is 0.0292. The zero-order valence-corrected chi connectivity index (χ0v) is 15.4. The van der Waals surface area contributed by atoms with Gasteiger partial charge in [0.1, 0.15) is 17.1 Å². The number of carbonyl (C=O) groups excluding carboxylic acids is 1. The number of carbonyl (C=O) groups is 1. The highest BCUT2D eigenvalue weighted by Gasteiger charge is 2.12. The molecular formula is C18H19N5O5. The van der Waals surface area contributed by atoms with Crippen molar-refractivity contribution < 1.29 is 9.53 Å². The van der Waals surface area contributed by atoms with Crippen molar-refractivity contribution in [1.82, 2.24) is 24.8 Å². The normalized spacial score (nSPS) is 10.8. The Hall–Kier alpha value is -3.69. The van der Waals surface area contributed by atoms with Gasteiger partial charge < -0.3 is 15.0 Å². The van der Waals surface area contributed by atoms with Crippen LogP contribution in [0.3, 0.4) is 0 Å². The fraction of sp³-hybridized carbons (Fsp3) is 0.278. The van der Waals surface area contributed by atoms with Gasteiger partial charge in [0.25, 0.3) is 11.1 Å². The van der Waals surface area contributed by atoms with Crippen LogP contribution in [0.5, 0.6) is 5.75 Å². The van der Waals surface area contributed by atoms with Crippen molar-refractivity contribution in [2.45, 2.75) is 19.4 Å². The maximum atomic E-state index is 12.2. The van der Waals surface area contributed by atoms with Gasteiger partial charge in [-0.3, -0.25) is 23.9 Å². The van der Waals surface area contributed by atoms with Crippen molar-refractivity contribution in [3.8, 4) is 5.75 Å². The third-order valence-corrected chi connectivity index (χ3v) is 4.28. The molecule has 0 spiro atoms. The van der Waals surface area contributed by atoms with Crippen LogP contribution in [0.15, 0.2) is 38.6 Å². The van der Waals surface area contributed by atoms with Crippen LogP contribution in [0.25, 0.3) is 11.2 Å². The van der Waals surface area contributed by atoms with Crippen LogP contribution in [0.2, 0.25) is 0 Å². The molecule has 3 rings (SSSR count). The molecule has 28 heavy (non-hydrogen) atoms. The zero-order valence-electron chi connectivity index (χ0n) is 15.4. The summed E-state index contributed by atoms with van der Waals surface area (Å²) in [6, 6.07) is 7.27. The number of hydrogen-bond donors (Lipinski definition) is 3. The molecule has 0 bridgehead atoms. The first-order chi connectivity index (χ1) is 13.4. The first-order valence-corrected chi connectivity index (χ1v) is 8.51. The van der Waals surface area contributed by atoms with E-state index in [1.54, 1.807) is 19.2 Å². The summed E-state index contributed by atoms with van der Waals surface area (Å²) in [4.78, 5) is 56.4. The molecule has 0 atom stereocenters. The molecular weight excluding hydrogens is 366 g/mol. The molecule has 0 saturated heterocycles. The standard InChI is InChI=1S/C18H19N5O5/c1-23-15-14(17(26)22-18(23)27)20-12(16(25)21-15)7-8-13(24)19-9-10-3-5-11(28-2)6-4-10/h3-6H,7-9H2,1-2H3,(H,19,24)(H,21,25)(H,22,26,27). The van der Waals surface area contributed by atoms with E-state index in [4.69, 9.17) is 4.74 Å². The average molecular weight is 385 g/mol. The van der Waals surface area contributed by atoms with Crippen molar-refractivity contribution in [2.75, 3.05) is 7.11 Å². The van der Waals surface area contributed by atoms with Gasteiger partial charge in [-0.05, 0) is 17.7 Å². The second-order valence-electron chi connectivity index (χ2n) is 6.15. The molecule has 0 aliphatic carbocycles. The lowest BCUT2D eigenvalue weighted by molar-refractivity contribution is -0.121. The van der Waals surface area contributed by atoms with Crippen molar-refractivity contribution in [3.05, 3.63) is 66.7 Å². The van der Waals surface area contributed by atoms with Crippen LogP contribution in [-0.4, -0.2) is 32.5 Å². The molecule has 2 aromatic heterocycles. The monoisotopic (exact) mass is 385 g/mol. The van der Waals surface area contributed by atoms with Gasteiger partial charge >= 0.3 is 5.69 Å². The number of benzene rings is 1. The summed E-state index contributed by atoms with van der Waals surface area (Å²) < 4.78 is 6.17. The third-order valence-electron chi connectivity index (χ3n) is 4.28. The van der Waals surface area contributed by atoms with Gasteiger partial charge in [0.05, 0.1) is 7.11 Å². The molecule has 0 fully saturated rings. The molecule has 3 aromatic rings. The van der Waals surface area contributed by atoms with Crippen molar-refractivity contribution >= 4 is 17.1 Å². The van der Waals surface area contributed by atoms with Crippen LogP contribution in [-0.2, 0) is 24.8 Å². The summed E-state index contributed by atoms with van der Waals surface area (Å²) in [6.07, 6.45) is 0.0867. The van der Waals surface area contributed by atoms with Gasteiger partial charge in [0, 0.05) is 26.4 Å². The first kappa shape index (κ1) is 19.1. The van der Waals surface area contributed by atoms with Crippen molar-refractivity contribution in [2.24, 2.45) is 7.05 Å². The van der Waals surface area contributed by atoms with E-state index in [-0.39, 0.29) is 35.6 Å². The topological polar surface area (TPSA) is 139 Å². The van der Waals surface area contributed by atoms with Gasteiger partial charge in [-0.2, -0.15) is 0 Å². The number of hydrogen-bond acceptors (Lipinski definition) is 6. The first-order valence-electron chi connectivity index (χ1n) is 8.51. The van der Waals surface area contributed by atoms with E-state index in [0.717, 1.165) is 15.9 Å². The lowest BCUT2D eigenvalue weighted by Gasteiger charge is -2.07. The Bertz CT molecular complexity index is 1190. The number of ether oxygens (including phenoxy) is 1. The Morgan fingerprint density at radius 2 is 1.86 bits per heavy atom. The molecule has 0 unspecified atom stereocenters. The predicted octanol–water partition coefficient (Wildman–Crippen LogP) is -0.432. The predicted molar refractivity (Wildman–Crippen MR) is 101 cm³/mol. The smallest absolute Gasteiger partial charge is 0.329 e. The van der Waals surface area contributed by atoms with E-state index < -0.39 is 16.8 Å². The fourth-order valence-electron chi connectivity index (χ4n) is 2.65. The molecule has 2 heterocycles. The highest BCUT2D eigenvalue weighted by Crippen LogP contribution is 2.11. The molecule has 1 aromatic carbocycles. The number of rotatable bonds is 6. The van der Waals surface area contributed by atoms with Gasteiger partial charge in [0.2, 0.25) is 5.91 Å². The zero-order chi connectivity index (χ0) is 20.3. The number of aromatic amines is 2. The molecule has 1 amide bonds. The molecule has 0 aliphatic rings. The lowest BCUT2D eigenvalue weighted by atomic mass is 10.2. The number of fused-ring (bicyclic) bond motifs is 1. The largest absolute Gasteiger partial charge is 0.497 e. The van der Waals surface area contributed by atoms with E-state index in [1.165, 1.54) is 7.05 Å². The van der Waals surface area contributed by atoms with E-state index in [9.17, 15) is 19.2 Å². The molecule has 0 aliphatic heterocycles. The van der Waals surface area contributed by atoms with Crippen molar-refractivity contribution in [1.29, 1.82) is 0 Å². The van der Waals surface area contributed by atoms with Crippen LogP contribution in [0.1, 0.15) is 17.7 Å². The Morgan fingerprint density at radius 3 is 2.54 bits per heavy atom. The number of nitrogens with one attached hydrogen (secondary N) is 3. The van der Waals surface area contributed by atoms with Crippen LogP contribution >= 0.6 is 0 Å². The van der Waals surface area contributed by atoms with Gasteiger partial charge in [-0.1, -0.05) is 12.1 Å². The number of H-pyrrole nitrogens is 2. The van der Waals surface area contributed by atoms with Crippen LogP contribution in [0, 0.1) is 0 Å². The van der Waals surface area contributed by atoms with Gasteiger partial charge in [0.15, 0.2) is 5.52 Å². The van der Waals surface area contributed by atoms with Gasteiger partial charge in [-0.15, -0.1) is 0 Å². The minimum atomic E-state index is -0.695. The van der Waals surface area contributed by atoms with E-state index in [1.807, 2.05) is 12.1 Å². The molecule has 10 nitrogen and oxygen atoms in total. The van der Waals surface area contributed by atoms with Crippen LogP contribution in [0.4, 0.5) is 0 Å². The molecule has 10 heteroatoms. The summed E-state index contributed by atoms with van der Waals surface area (Å²) in [6.45, 7) is 0.339. The summed E-state index contributed by atoms with van der Waals surface area (Å²) in [5.41, 5.74) is -0.961. The minimum Gasteiger partial charge on any atom is -0.497 e. The fourth-order valence-corrected chi connectivity index (χ4v) is 2.65. The van der Waals surface area contributed by atoms with E-state index in [2.05, 4.69) is 20.3 Å². The van der Waals surface area contributed by atoms with Gasteiger partial charge in [-0.25, -0.2) is 9.78 Å². The number of nitrogens with zero attached hydrogens (tertiary/aromatic N) is 2. The maximum absolute atomic E-state index is 12.2. The Labute approximate surface area is 158 Å². The Morgan fingerprint density at radius 1 is 1.14 bits per heavy atom. The molecule has 0 radical (unpaired) electrons. The van der Waals surface area contributed by atoms with E-state index >= 15 is 0 Å². The van der Waals surface area contributed by atoms with Crippen molar-refractivity contribution in [3.63, 3.8) is 0 Å². The summed E-state index contributed by atoms with van der Waals surface area (Å²) in [5, 5.41) is 2.76. The molecule has 3 N–H and O–H groups in total. The summed E-state index contributed by atoms with van der Waals surface area (Å²) in [7, 11) is 2.98. The second-order valence-corrected chi connectivity index (χ2v) is 6.15. The van der Waals surface area contributed by atoms with Crippen LogP contribution < -0.4 is 26.9 Å². The highest BCUT2D eigenvalue weighted by molar-refractivity contribution is 5.76. The Kier molecular flexibility index (Phi) is 5.39. The van der Waals surface area contributed by atoms with E-state index in [0.29, 0.717) is 6.54 Å². The Balaban J connectivity index is 1.68. The molecule has 0 saturated carbocycles. The molecule has 146 valence electrons. The lowest BCUT2D eigenvalue weighted by Crippen LogP contribution is -2.32. The maximum Gasteiger partial charge on any atom is 0.329 e. The summed E-state index contributed by atoms with van der Waals surface area (Å²) >= 11 is 0. The number of amides is 1. The SMILES string of the molecule is COc1ccc(CNC(=O)CCc2nc3c(=O)[nH]c(=O)n(C)c3[nH]c2=O)cc1. The third kappa shape index (κ3) is 4.00. The summed E-state index contributed by atoms with van der Waals surface area (Å²) in [5.74, 6) is 0.468. The number of methoxy groups -OCH3 is 1. The average Bonchev–Trinajstić information content (AvgIpc) is 2.69. The second kappa shape index (κ2) is 7.91. The quantitative estimate of drug-likeness (QED) is 0.526. The highest BCUT2D eigenvalue weighted by atomic mass is 16.5.